The minimum Gasteiger partial charge on any atom is -0.346 e. The summed E-state index contributed by atoms with van der Waals surface area (Å²) in [5.41, 5.74) is 0. The van der Waals surface area contributed by atoms with Crippen LogP contribution in [0.4, 0.5) is 0 Å². The number of amides is 1. The highest BCUT2D eigenvalue weighted by molar-refractivity contribution is 5.87. The van der Waals surface area contributed by atoms with Crippen molar-refractivity contribution in [3.05, 3.63) is 0 Å². The fourth-order valence-electron chi connectivity index (χ4n) is 1.66. The van der Waals surface area contributed by atoms with Crippen molar-refractivity contribution in [1.29, 1.82) is 5.41 Å². The van der Waals surface area contributed by atoms with E-state index in [1.54, 1.807) is 0 Å². The van der Waals surface area contributed by atoms with E-state index in [-0.39, 0.29) is 11.7 Å². The third-order valence-electron chi connectivity index (χ3n) is 2.76. The average Bonchev–Trinajstić information content (AvgIpc) is 2.33. The zero-order valence-electron chi connectivity index (χ0n) is 11.4. The van der Waals surface area contributed by atoms with Gasteiger partial charge in [-0.3, -0.25) is 9.59 Å². The number of hydrogen-bond donors (Lipinski definition) is 3. The molecular weight excluding hydrogens is 230 g/mol. The van der Waals surface area contributed by atoms with E-state index in [0.29, 0.717) is 19.3 Å². The van der Waals surface area contributed by atoms with Crippen molar-refractivity contribution in [1.82, 2.24) is 10.6 Å². The third-order valence-corrected chi connectivity index (χ3v) is 2.76. The molecule has 3 N–H and O–H groups in total. The van der Waals surface area contributed by atoms with E-state index >= 15 is 0 Å². The van der Waals surface area contributed by atoms with Crippen LogP contribution in [0.2, 0.25) is 0 Å². The zero-order valence-corrected chi connectivity index (χ0v) is 11.4. The van der Waals surface area contributed by atoms with Gasteiger partial charge >= 0.3 is 0 Å². The molecule has 0 rings (SSSR count). The predicted octanol–water partition coefficient (Wildman–Crippen LogP) is 1.27. The Morgan fingerprint density at radius 2 is 2.00 bits per heavy atom. The summed E-state index contributed by atoms with van der Waals surface area (Å²) in [5, 5.41) is 12.7. The van der Waals surface area contributed by atoms with Crippen molar-refractivity contribution in [3.63, 3.8) is 0 Å². The van der Waals surface area contributed by atoms with E-state index in [2.05, 4.69) is 10.6 Å². The number of hydrogen-bond acceptors (Lipinski definition) is 4. The van der Waals surface area contributed by atoms with E-state index in [4.69, 9.17) is 5.41 Å². The highest BCUT2D eigenvalue weighted by Crippen LogP contribution is 2.02. The Kier molecular flexibility index (Phi) is 10.2. The van der Waals surface area contributed by atoms with Crippen molar-refractivity contribution < 1.29 is 9.59 Å². The first-order valence-corrected chi connectivity index (χ1v) is 6.55. The van der Waals surface area contributed by atoms with Gasteiger partial charge in [0.15, 0.2) is 5.78 Å². The van der Waals surface area contributed by atoms with Crippen LogP contribution in [0.3, 0.4) is 0 Å². The summed E-state index contributed by atoms with van der Waals surface area (Å²) in [5.74, 6) is -0.106. The third kappa shape index (κ3) is 8.87. The van der Waals surface area contributed by atoms with Gasteiger partial charge in [-0.05, 0) is 52.4 Å². The molecule has 0 saturated carbocycles. The molecule has 0 aromatic rings. The number of carbonyl (C=O) groups is 2. The summed E-state index contributed by atoms with van der Waals surface area (Å²) < 4.78 is 0. The molecule has 5 nitrogen and oxygen atoms in total. The molecule has 18 heavy (non-hydrogen) atoms. The molecule has 0 aromatic heterocycles. The lowest BCUT2D eigenvalue weighted by molar-refractivity contribution is -0.127. The molecule has 0 fully saturated rings. The topological polar surface area (TPSA) is 82.1 Å². The van der Waals surface area contributed by atoms with Crippen LogP contribution in [0.15, 0.2) is 0 Å². The second-order valence-corrected chi connectivity index (χ2v) is 4.43. The highest BCUT2D eigenvalue weighted by atomic mass is 16.2. The second kappa shape index (κ2) is 10.9. The number of nitrogens with one attached hydrogen (secondary N) is 3. The first kappa shape index (κ1) is 16.8. The van der Waals surface area contributed by atoms with Crippen LogP contribution in [0.5, 0.6) is 0 Å². The van der Waals surface area contributed by atoms with Gasteiger partial charge in [0.1, 0.15) is 0 Å². The maximum absolute atomic E-state index is 11.6. The molecule has 0 heterocycles. The Morgan fingerprint density at radius 1 is 1.28 bits per heavy atom. The van der Waals surface area contributed by atoms with E-state index < -0.39 is 6.04 Å². The maximum Gasteiger partial charge on any atom is 0.220 e. The summed E-state index contributed by atoms with van der Waals surface area (Å²) in [7, 11) is 1.91. The molecule has 1 amide bonds. The molecule has 0 aliphatic heterocycles. The molecule has 0 aliphatic carbocycles. The highest BCUT2D eigenvalue weighted by Gasteiger charge is 2.15. The van der Waals surface area contributed by atoms with Gasteiger partial charge in [0.05, 0.1) is 6.04 Å². The molecule has 1 atom stereocenters. The molecular formula is C13H25N3O2. The maximum atomic E-state index is 11.6. The molecule has 0 aromatic carbocycles. The molecule has 104 valence electrons. The lowest BCUT2D eigenvalue weighted by Crippen LogP contribution is -2.39. The smallest absolute Gasteiger partial charge is 0.220 e. The summed E-state index contributed by atoms with van der Waals surface area (Å²) in [6, 6.07) is -0.434. The van der Waals surface area contributed by atoms with Crippen LogP contribution in [-0.4, -0.2) is 37.5 Å². The van der Waals surface area contributed by atoms with Crippen LogP contribution in [0.1, 0.15) is 45.4 Å². The summed E-state index contributed by atoms with van der Waals surface area (Å²) in [6.07, 6.45) is 5.70. The Hall–Kier alpha value is -1.23. The molecule has 1 unspecified atom stereocenters. The van der Waals surface area contributed by atoms with Crippen molar-refractivity contribution >= 4 is 17.9 Å². The lowest BCUT2D eigenvalue weighted by Gasteiger charge is -2.14. The van der Waals surface area contributed by atoms with Crippen molar-refractivity contribution in [2.24, 2.45) is 0 Å². The number of rotatable bonds is 11. The van der Waals surface area contributed by atoms with Crippen LogP contribution in [0.25, 0.3) is 0 Å². The molecule has 0 aliphatic rings. The Bertz CT molecular complexity index is 267. The van der Waals surface area contributed by atoms with Gasteiger partial charge in [0.25, 0.3) is 0 Å². The van der Waals surface area contributed by atoms with Gasteiger partial charge in [0, 0.05) is 6.42 Å². The number of unbranched alkanes of at least 4 members (excludes halogenated alkanes) is 2. The van der Waals surface area contributed by atoms with Crippen molar-refractivity contribution in [2.75, 3.05) is 13.6 Å². The Morgan fingerprint density at radius 3 is 2.56 bits per heavy atom. The molecule has 0 saturated heterocycles. The van der Waals surface area contributed by atoms with Gasteiger partial charge in [-0.25, -0.2) is 0 Å². The normalized spacial score (nSPS) is 11.9. The van der Waals surface area contributed by atoms with Gasteiger partial charge < -0.3 is 16.0 Å². The standard InChI is InChI=1S/C13H25N3O2/c1-11(17)12(7-6-9-14)16-13(18)8-4-3-5-10-15-2/h9,12,14-15H,3-8,10H2,1-2H3,(H,16,18). The van der Waals surface area contributed by atoms with E-state index in [9.17, 15) is 9.59 Å². The van der Waals surface area contributed by atoms with Crippen LogP contribution in [0, 0.1) is 5.41 Å². The van der Waals surface area contributed by atoms with Crippen LogP contribution >= 0.6 is 0 Å². The quantitative estimate of drug-likeness (QED) is 0.384. The van der Waals surface area contributed by atoms with Gasteiger partial charge in [-0.1, -0.05) is 6.42 Å². The van der Waals surface area contributed by atoms with Crippen molar-refractivity contribution in [2.45, 2.75) is 51.5 Å². The average molecular weight is 255 g/mol. The number of carbonyl (C=O) groups excluding carboxylic acids is 2. The molecule has 0 radical (unpaired) electrons. The minimum atomic E-state index is -0.434. The molecule has 0 spiro atoms. The van der Waals surface area contributed by atoms with E-state index in [1.807, 2.05) is 7.05 Å². The van der Waals surface area contributed by atoms with Gasteiger partial charge in [0.2, 0.25) is 5.91 Å². The number of ketones is 1. The van der Waals surface area contributed by atoms with Crippen LogP contribution < -0.4 is 10.6 Å². The Labute approximate surface area is 109 Å². The van der Waals surface area contributed by atoms with Gasteiger partial charge in [-0.2, -0.15) is 0 Å². The predicted molar refractivity (Wildman–Crippen MR) is 73.0 cm³/mol. The number of Topliss-reactive ketones (excluding diaryl/α,β-unsaturated/α-hetero) is 1. The van der Waals surface area contributed by atoms with E-state index in [1.165, 1.54) is 13.1 Å². The monoisotopic (exact) mass is 255 g/mol. The Balaban J connectivity index is 3.80. The molecule has 5 heteroatoms. The summed E-state index contributed by atoms with van der Waals surface area (Å²) in [4.78, 5) is 22.9. The van der Waals surface area contributed by atoms with Gasteiger partial charge in [-0.15, -0.1) is 0 Å². The fraction of sp³-hybridized carbons (Fsp3) is 0.769. The van der Waals surface area contributed by atoms with Crippen LogP contribution in [-0.2, 0) is 9.59 Å². The summed E-state index contributed by atoms with van der Waals surface area (Å²) in [6.45, 7) is 2.44. The summed E-state index contributed by atoms with van der Waals surface area (Å²) >= 11 is 0. The molecule has 0 bridgehead atoms. The largest absolute Gasteiger partial charge is 0.346 e. The fourth-order valence-corrected chi connectivity index (χ4v) is 1.66. The zero-order chi connectivity index (χ0) is 13.8. The first-order valence-electron chi connectivity index (χ1n) is 6.55. The second-order valence-electron chi connectivity index (χ2n) is 4.43. The van der Waals surface area contributed by atoms with E-state index in [0.717, 1.165) is 25.8 Å². The lowest BCUT2D eigenvalue weighted by atomic mass is 10.1. The first-order chi connectivity index (χ1) is 8.61. The minimum absolute atomic E-state index is 0.0413. The SMILES string of the molecule is CNCCCCCC(=O)NC(CCC=N)C(C)=O. The van der Waals surface area contributed by atoms with Crippen molar-refractivity contribution in [3.8, 4) is 0 Å².